The van der Waals surface area contributed by atoms with Crippen molar-refractivity contribution >= 4 is 43.7 Å². The molecule has 0 atom stereocenters. The second kappa shape index (κ2) is 11.4. The highest BCUT2D eigenvalue weighted by Crippen LogP contribution is 2.53. The maximum atomic E-state index is 6.77. The Bertz CT molecular complexity index is 3130. The van der Waals surface area contributed by atoms with Crippen LogP contribution >= 0.6 is 0 Å². The molecule has 3 aromatic heterocycles. The minimum Gasteiger partial charge on any atom is -0.456 e. The van der Waals surface area contributed by atoms with E-state index >= 15 is 0 Å². The van der Waals surface area contributed by atoms with E-state index in [-0.39, 0.29) is 5.41 Å². The monoisotopic (exact) mass is 693 g/mol. The van der Waals surface area contributed by atoms with E-state index in [2.05, 4.69) is 159 Å². The van der Waals surface area contributed by atoms with Crippen LogP contribution in [0, 0.1) is 6.92 Å². The Morgan fingerprint density at radius 2 is 1.15 bits per heavy atom. The quantitative estimate of drug-likeness (QED) is 0.184. The second-order valence-corrected chi connectivity index (χ2v) is 15.0. The number of benzene rings is 7. The van der Waals surface area contributed by atoms with Gasteiger partial charge in [0.05, 0.1) is 22.4 Å². The zero-order valence-corrected chi connectivity index (χ0v) is 30.3. The van der Waals surface area contributed by atoms with Crippen molar-refractivity contribution < 1.29 is 4.42 Å². The first-order chi connectivity index (χ1) is 26.5. The van der Waals surface area contributed by atoms with E-state index in [9.17, 15) is 0 Å². The summed E-state index contributed by atoms with van der Waals surface area (Å²) in [5.74, 6) is 0.702. The SMILES string of the molecule is Cc1c(-c2ccccc2)nc(-c2ccccc2)nc1-c1ccc2c(c1)oc1cc(-n3c4ccccc4c4ccc5c(c43)C(C)(C)c3ccccc3-5)ccc12. The molecule has 4 nitrogen and oxygen atoms in total. The molecule has 0 aliphatic heterocycles. The molecule has 1 aliphatic carbocycles. The van der Waals surface area contributed by atoms with Crippen LogP contribution in [0.15, 0.2) is 162 Å². The Kier molecular flexibility index (Phi) is 6.48. The second-order valence-electron chi connectivity index (χ2n) is 15.0. The van der Waals surface area contributed by atoms with Gasteiger partial charge >= 0.3 is 0 Å². The molecule has 0 amide bonds. The van der Waals surface area contributed by atoms with Gasteiger partial charge in [-0.05, 0) is 59.5 Å². The zero-order valence-electron chi connectivity index (χ0n) is 30.3. The van der Waals surface area contributed by atoms with Gasteiger partial charge in [-0.3, -0.25) is 0 Å². The van der Waals surface area contributed by atoms with E-state index in [1.165, 1.54) is 44.1 Å². The van der Waals surface area contributed by atoms with Gasteiger partial charge in [-0.1, -0.05) is 135 Å². The van der Waals surface area contributed by atoms with Gasteiger partial charge in [0.2, 0.25) is 0 Å². The van der Waals surface area contributed by atoms with Crippen molar-refractivity contribution in [1.29, 1.82) is 0 Å². The fourth-order valence-corrected chi connectivity index (χ4v) is 9.02. The summed E-state index contributed by atoms with van der Waals surface area (Å²) in [5.41, 5.74) is 16.4. The third-order valence-electron chi connectivity index (χ3n) is 11.6. The molecule has 0 saturated carbocycles. The maximum absolute atomic E-state index is 6.77. The lowest BCUT2D eigenvalue weighted by atomic mass is 9.81. The van der Waals surface area contributed by atoms with Crippen LogP contribution < -0.4 is 0 Å². The molecule has 0 radical (unpaired) electrons. The molecule has 256 valence electrons. The fraction of sp³-hybridized carbons (Fsp3) is 0.0800. The average molecular weight is 694 g/mol. The van der Waals surface area contributed by atoms with E-state index in [1.807, 2.05) is 24.3 Å². The Morgan fingerprint density at radius 1 is 0.519 bits per heavy atom. The maximum Gasteiger partial charge on any atom is 0.160 e. The van der Waals surface area contributed by atoms with Crippen molar-refractivity contribution in [3.63, 3.8) is 0 Å². The molecule has 11 rings (SSSR count). The summed E-state index contributed by atoms with van der Waals surface area (Å²) < 4.78 is 9.23. The summed E-state index contributed by atoms with van der Waals surface area (Å²) in [6, 6.07) is 56.0. The molecule has 7 aromatic carbocycles. The van der Waals surface area contributed by atoms with Gasteiger partial charge in [-0.2, -0.15) is 0 Å². The molecular formula is C50H35N3O. The largest absolute Gasteiger partial charge is 0.456 e. The third kappa shape index (κ3) is 4.37. The van der Waals surface area contributed by atoms with E-state index < -0.39 is 0 Å². The Balaban J connectivity index is 1.10. The molecule has 54 heavy (non-hydrogen) atoms. The summed E-state index contributed by atoms with van der Waals surface area (Å²) in [4.78, 5) is 10.2. The van der Waals surface area contributed by atoms with E-state index in [0.29, 0.717) is 5.82 Å². The normalized spacial score (nSPS) is 13.2. The first kappa shape index (κ1) is 30.8. The number of para-hydroxylation sites is 1. The van der Waals surface area contributed by atoms with Gasteiger partial charge in [0.1, 0.15) is 11.2 Å². The fourth-order valence-electron chi connectivity index (χ4n) is 9.02. The highest BCUT2D eigenvalue weighted by molar-refractivity contribution is 6.14. The van der Waals surface area contributed by atoms with Crippen molar-refractivity contribution in [2.75, 3.05) is 0 Å². The summed E-state index contributed by atoms with van der Waals surface area (Å²) >= 11 is 0. The minimum absolute atomic E-state index is 0.155. The molecule has 4 heteroatoms. The first-order valence-corrected chi connectivity index (χ1v) is 18.6. The van der Waals surface area contributed by atoms with Crippen LogP contribution in [-0.4, -0.2) is 14.5 Å². The van der Waals surface area contributed by atoms with Gasteiger partial charge in [0.15, 0.2) is 5.82 Å². The lowest BCUT2D eigenvalue weighted by molar-refractivity contribution is 0.663. The highest BCUT2D eigenvalue weighted by Gasteiger charge is 2.38. The van der Waals surface area contributed by atoms with E-state index in [0.717, 1.165) is 61.3 Å². The predicted octanol–water partition coefficient (Wildman–Crippen LogP) is 13.1. The summed E-state index contributed by atoms with van der Waals surface area (Å²) in [7, 11) is 0. The average Bonchev–Trinajstić information content (AvgIpc) is 3.83. The number of hydrogen-bond acceptors (Lipinski definition) is 3. The minimum atomic E-state index is -0.155. The van der Waals surface area contributed by atoms with E-state index in [4.69, 9.17) is 14.4 Å². The number of nitrogens with zero attached hydrogens (tertiary/aromatic N) is 3. The van der Waals surface area contributed by atoms with Crippen LogP contribution in [0.3, 0.4) is 0 Å². The number of aromatic nitrogens is 3. The van der Waals surface area contributed by atoms with Crippen molar-refractivity contribution in [3.05, 3.63) is 174 Å². The molecule has 0 saturated heterocycles. The molecule has 0 spiro atoms. The van der Waals surface area contributed by atoms with Gasteiger partial charge in [-0.25, -0.2) is 9.97 Å². The molecule has 1 aliphatic rings. The van der Waals surface area contributed by atoms with Crippen molar-refractivity contribution in [2.45, 2.75) is 26.2 Å². The van der Waals surface area contributed by atoms with Crippen LogP contribution in [0.2, 0.25) is 0 Å². The van der Waals surface area contributed by atoms with Crippen LogP contribution in [0.1, 0.15) is 30.5 Å². The summed E-state index contributed by atoms with van der Waals surface area (Å²) in [6.45, 7) is 6.85. The van der Waals surface area contributed by atoms with Crippen molar-refractivity contribution in [1.82, 2.24) is 14.5 Å². The Hall–Kier alpha value is -6.78. The standard InChI is InChI=1S/C50H35N3O/c1-30-46(31-14-6-4-7-15-31)51-49(32-16-8-5-9-17-32)52-47(30)33-22-24-37-38-25-23-34(29-44(38)54-43(37)28-33)53-42-21-13-11-19-36(42)40-27-26-39-35-18-10-12-20-41(35)50(2,3)45(39)48(40)53/h4-29H,1-3H3. The van der Waals surface area contributed by atoms with Gasteiger partial charge in [-0.15, -0.1) is 0 Å². The topological polar surface area (TPSA) is 43.9 Å². The molecule has 3 heterocycles. The number of hydrogen-bond donors (Lipinski definition) is 0. The predicted molar refractivity (Wildman–Crippen MR) is 222 cm³/mol. The smallest absolute Gasteiger partial charge is 0.160 e. The van der Waals surface area contributed by atoms with E-state index in [1.54, 1.807) is 0 Å². The van der Waals surface area contributed by atoms with Crippen molar-refractivity contribution in [3.8, 4) is 50.7 Å². The molecular weight excluding hydrogens is 659 g/mol. The zero-order chi connectivity index (χ0) is 36.1. The molecule has 10 aromatic rings. The van der Waals surface area contributed by atoms with Crippen molar-refractivity contribution in [2.24, 2.45) is 0 Å². The summed E-state index contributed by atoms with van der Waals surface area (Å²) in [5, 5.41) is 4.69. The van der Waals surface area contributed by atoms with Gasteiger partial charge < -0.3 is 8.98 Å². The molecule has 0 unspecified atom stereocenters. The molecule has 0 bridgehead atoms. The number of fused-ring (bicyclic) bond motifs is 10. The Morgan fingerprint density at radius 3 is 1.94 bits per heavy atom. The van der Waals surface area contributed by atoms with Crippen LogP contribution in [0.5, 0.6) is 0 Å². The Labute approximate surface area is 313 Å². The lowest BCUT2D eigenvalue weighted by Gasteiger charge is -2.23. The third-order valence-corrected chi connectivity index (χ3v) is 11.6. The van der Waals surface area contributed by atoms with Crippen LogP contribution in [0.4, 0.5) is 0 Å². The highest BCUT2D eigenvalue weighted by atomic mass is 16.3. The molecule has 0 fully saturated rings. The number of rotatable bonds is 4. The number of furan rings is 1. The van der Waals surface area contributed by atoms with Crippen LogP contribution in [0.25, 0.3) is 94.5 Å². The van der Waals surface area contributed by atoms with Gasteiger partial charge in [0, 0.05) is 61.0 Å². The molecule has 0 N–H and O–H groups in total. The van der Waals surface area contributed by atoms with Crippen LogP contribution in [-0.2, 0) is 5.41 Å². The lowest BCUT2D eigenvalue weighted by Crippen LogP contribution is -2.16. The first-order valence-electron chi connectivity index (χ1n) is 18.6. The van der Waals surface area contributed by atoms with Gasteiger partial charge in [0.25, 0.3) is 0 Å². The summed E-state index contributed by atoms with van der Waals surface area (Å²) in [6.07, 6.45) is 0.